The van der Waals surface area contributed by atoms with Crippen molar-refractivity contribution >= 4 is 33.6 Å². The molecule has 180 valence electrons. The van der Waals surface area contributed by atoms with Gasteiger partial charge in [-0.05, 0) is 36.1 Å². The molecule has 0 saturated heterocycles. The lowest BCUT2D eigenvalue weighted by Gasteiger charge is -2.12. The van der Waals surface area contributed by atoms with Crippen LogP contribution in [0.25, 0.3) is 10.8 Å². The maximum absolute atomic E-state index is 12.9. The van der Waals surface area contributed by atoms with Crippen LogP contribution in [0.3, 0.4) is 0 Å². The molecule has 0 amide bonds. The van der Waals surface area contributed by atoms with Crippen LogP contribution in [0.2, 0.25) is 0 Å². The van der Waals surface area contributed by atoms with E-state index in [4.69, 9.17) is 30.0 Å². The van der Waals surface area contributed by atoms with Gasteiger partial charge in [-0.15, -0.1) is 10.1 Å². The van der Waals surface area contributed by atoms with E-state index in [1.165, 1.54) is 12.1 Å². The molecule has 3 aromatic carbocycles. The summed E-state index contributed by atoms with van der Waals surface area (Å²) in [5.41, 5.74) is 8.74. The summed E-state index contributed by atoms with van der Waals surface area (Å²) in [7, 11) is -4.03. The molecule has 34 heavy (non-hydrogen) atoms. The van der Waals surface area contributed by atoms with Crippen LogP contribution in [0.15, 0.2) is 75.7 Å². The maximum atomic E-state index is 12.9. The third-order valence-electron chi connectivity index (χ3n) is 4.09. The van der Waals surface area contributed by atoms with Crippen LogP contribution in [-0.2, 0) is 10.1 Å². The Morgan fingerprint density at radius 2 is 1.82 bits per heavy atom. The van der Waals surface area contributed by atoms with E-state index in [-0.39, 0.29) is 29.8 Å². The van der Waals surface area contributed by atoms with Crippen molar-refractivity contribution in [3.8, 4) is 11.5 Å². The SMILES string of the molecule is C=NNC(N)=NCCOc1cc(C)cc(OS(=O)(=O)c2cccc3ccccc23)c1.O=[N+]([O-])O. The van der Waals surface area contributed by atoms with Gasteiger partial charge in [0.2, 0.25) is 5.96 Å². The molecule has 3 aromatic rings. The summed E-state index contributed by atoms with van der Waals surface area (Å²) in [6.07, 6.45) is 0. The summed E-state index contributed by atoms with van der Waals surface area (Å²) in [5.74, 6) is 0.753. The zero-order chi connectivity index (χ0) is 25.1. The molecule has 0 saturated carbocycles. The van der Waals surface area contributed by atoms with Crippen molar-refractivity contribution in [1.82, 2.24) is 5.43 Å². The lowest BCUT2D eigenvalue weighted by atomic mass is 10.1. The Labute approximate surface area is 195 Å². The van der Waals surface area contributed by atoms with Crippen molar-refractivity contribution in [2.24, 2.45) is 15.8 Å². The number of benzene rings is 3. The first kappa shape index (κ1) is 25.9. The molecule has 0 aliphatic rings. The molecular formula is C21H23N5O7S. The average Bonchev–Trinajstić information content (AvgIpc) is 2.75. The molecule has 0 aromatic heterocycles. The van der Waals surface area contributed by atoms with Gasteiger partial charge in [0.15, 0.2) is 0 Å². The number of guanidine groups is 1. The standard InChI is InChI=1S/C21H22N4O4S.HNO3/c1-15-12-17(28-11-10-24-21(22)25-23-2)14-18(13-15)29-30(26,27)20-9-5-7-16-6-3-4-8-19(16)20;2-1(3)4/h3-9,12-14H,2,10-11H2,1H3,(H3,22,24,25);(H,2,3,4). The van der Waals surface area contributed by atoms with Crippen molar-refractivity contribution in [3.05, 3.63) is 76.3 Å². The van der Waals surface area contributed by atoms with Gasteiger partial charge in [0.05, 0.1) is 6.54 Å². The fourth-order valence-corrected chi connectivity index (χ4v) is 4.02. The van der Waals surface area contributed by atoms with Gasteiger partial charge in [0, 0.05) is 18.2 Å². The van der Waals surface area contributed by atoms with E-state index >= 15 is 0 Å². The lowest BCUT2D eigenvalue weighted by molar-refractivity contribution is -0.742. The highest BCUT2D eigenvalue weighted by atomic mass is 32.2. The van der Waals surface area contributed by atoms with Crippen LogP contribution in [-0.4, -0.2) is 44.5 Å². The van der Waals surface area contributed by atoms with E-state index in [1.807, 2.05) is 25.1 Å². The number of aryl methyl sites for hydroxylation is 1. The number of ether oxygens (including phenoxy) is 1. The molecule has 0 aliphatic heterocycles. The van der Waals surface area contributed by atoms with Crippen LogP contribution < -0.4 is 20.1 Å². The van der Waals surface area contributed by atoms with Crippen LogP contribution in [0.5, 0.6) is 11.5 Å². The van der Waals surface area contributed by atoms with Crippen molar-refractivity contribution in [2.45, 2.75) is 11.8 Å². The Balaban J connectivity index is 0.000000945. The highest BCUT2D eigenvalue weighted by molar-refractivity contribution is 7.87. The van der Waals surface area contributed by atoms with Crippen molar-refractivity contribution in [1.29, 1.82) is 0 Å². The first-order valence-corrected chi connectivity index (χ1v) is 11.0. The topological polar surface area (TPSA) is 179 Å². The summed E-state index contributed by atoms with van der Waals surface area (Å²) in [6.45, 7) is 5.59. The summed E-state index contributed by atoms with van der Waals surface area (Å²) in [4.78, 5) is 12.5. The Hall–Kier alpha value is -4.39. The van der Waals surface area contributed by atoms with E-state index in [1.54, 1.807) is 30.3 Å². The summed E-state index contributed by atoms with van der Waals surface area (Å²) in [5, 5.41) is 18.5. The summed E-state index contributed by atoms with van der Waals surface area (Å²) >= 11 is 0. The molecule has 0 spiro atoms. The monoisotopic (exact) mass is 489 g/mol. The van der Waals surface area contributed by atoms with Crippen molar-refractivity contribution in [3.63, 3.8) is 0 Å². The molecule has 0 unspecified atom stereocenters. The number of fused-ring (bicyclic) bond motifs is 1. The van der Waals surface area contributed by atoms with E-state index in [2.05, 4.69) is 22.2 Å². The van der Waals surface area contributed by atoms with Gasteiger partial charge in [-0.2, -0.15) is 13.5 Å². The molecule has 0 bridgehead atoms. The molecule has 0 heterocycles. The van der Waals surface area contributed by atoms with Gasteiger partial charge in [-0.25, -0.2) is 10.4 Å². The van der Waals surface area contributed by atoms with E-state index in [9.17, 15) is 8.42 Å². The zero-order valence-corrected chi connectivity index (χ0v) is 18.9. The minimum atomic E-state index is -4.03. The molecule has 0 atom stereocenters. The van der Waals surface area contributed by atoms with Gasteiger partial charge in [-0.3, -0.25) is 0 Å². The highest BCUT2D eigenvalue weighted by Gasteiger charge is 2.20. The van der Waals surface area contributed by atoms with Crippen molar-refractivity contribution < 1.29 is 27.6 Å². The van der Waals surface area contributed by atoms with E-state index < -0.39 is 15.2 Å². The highest BCUT2D eigenvalue weighted by Crippen LogP contribution is 2.28. The first-order valence-electron chi connectivity index (χ1n) is 9.64. The van der Waals surface area contributed by atoms with Gasteiger partial charge >= 0.3 is 10.1 Å². The lowest BCUT2D eigenvalue weighted by Crippen LogP contribution is -2.27. The molecule has 0 aliphatic carbocycles. The minimum absolute atomic E-state index is 0.109. The smallest absolute Gasteiger partial charge is 0.339 e. The fraction of sp³-hybridized carbons (Fsp3) is 0.143. The number of nitrogens with zero attached hydrogens (tertiary/aromatic N) is 3. The number of hydrogen-bond acceptors (Lipinski definition) is 8. The molecule has 12 nitrogen and oxygen atoms in total. The van der Waals surface area contributed by atoms with Crippen LogP contribution in [0.1, 0.15) is 5.56 Å². The van der Waals surface area contributed by atoms with E-state index in [0.29, 0.717) is 11.1 Å². The first-order chi connectivity index (χ1) is 16.1. The van der Waals surface area contributed by atoms with Gasteiger partial charge in [0.1, 0.15) is 23.0 Å². The Morgan fingerprint density at radius 3 is 2.53 bits per heavy atom. The predicted octanol–water partition coefficient (Wildman–Crippen LogP) is 2.47. The van der Waals surface area contributed by atoms with Crippen LogP contribution in [0, 0.1) is 17.0 Å². The average molecular weight is 490 g/mol. The second-order valence-corrected chi connectivity index (χ2v) is 8.13. The normalized spacial score (nSPS) is 11.1. The van der Waals surface area contributed by atoms with Gasteiger partial charge < -0.3 is 19.9 Å². The summed E-state index contributed by atoms with van der Waals surface area (Å²) < 4.78 is 36.9. The fourth-order valence-electron chi connectivity index (χ4n) is 2.88. The Kier molecular flexibility index (Phi) is 9.14. The Morgan fingerprint density at radius 1 is 1.18 bits per heavy atom. The van der Waals surface area contributed by atoms with Crippen molar-refractivity contribution in [2.75, 3.05) is 13.2 Å². The largest absolute Gasteiger partial charge is 0.492 e. The summed E-state index contributed by atoms with van der Waals surface area (Å²) in [6, 6.07) is 17.2. The third-order valence-corrected chi connectivity index (χ3v) is 5.39. The quantitative estimate of drug-likeness (QED) is 0.107. The number of rotatable bonds is 8. The number of aliphatic imine (C=N–C) groups is 1. The van der Waals surface area contributed by atoms with Gasteiger partial charge in [-0.1, -0.05) is 36.4 Å². The number of nitrogens with one attached hydrogen (secondary N) is 1. The minimum Gasteiger partial charge on any atom is -0.492 e. The number of hydrazone groups is 1. The molecule has 4 N–H and O–H groups in total. The molecular weight excluding hydrogens is 466 g/mol. The second kappa shape index (κ2) is 12.0. The Bertz CT molecular complexity index is 1290. The number of nitrogens with two attached hydrogens (primary N) is 1. The molecule has 0 fully saturated rings. The molecule has 3 rings (SSSR count). The van der Waals surface area contributed by atoms with Crippen LogP contribution >= 0.6 is 0 Å². The maximum Gasteiger partial charge on any atom is 0.339 e. The number of hydrogen-bond donors (Lipinski definition) is 3. The molecule has 13 heteroatoms. The van der Waals surface area contributed by atoms with Crippen LogP contribution in [0.4, 0.5) is 0 Å². The molecule has 0 radical (unpaired) electrons. The van der Waals surface area contributed by atoms with E-state index in [0.717, 1.165) is 10.9 Å². The second-order valence-electron chi connectivity index (χ2n) is 6.62. The predicted molar refractivity (Wildman–Crippen MR) is 126 cm³/mol. The zero-order valence-electron chi connectivity index (χ0n) is 18.1. The third kappa shape index (κ3) is 7.94. The van der Waals surface area contributed by atoms with Gasteiger partial charge in [0.25, 0.3) is 5.09 Å².